The molecule has 7 heteroatoms. The number of amides is 2. The van der Waals surface area contributed by atoms with Crippen molar-refractivity contribution in [3.05, 3.63) is 12.3 Å². The van der Waals surface area contributed by atoms with Crippen molar-refractivity contribution >= 4 is 17.8 Å². The average Bonchev–Trinajstić information content (AvgIpc) is 2.83. The van der Waals surface area contributed by atoms with Gasteiger partial charge in [0.05, 0.1) is 18.7 Å². The van der Waals surface area contributed by atoms with Crippen molar-refractivity contribution in [3.63, 3.8) is 0 Å². The van der Waals surface area contributed by atoms with E-state index in [0.29, 0.717) is 11.7 Å². The van der Waals surface area contributed by atoms with E-state index in [2.05, 4.69) is 31.2 Å². The Balaban J connectivity index is 2.64. The van der Waals surface area contributed by atoms with Gasteiger partial charge < -0.3 is 10.0 Å². The number of urea groups is 1. The van der Waals surface area contributed by atoms with E-state index < -0.39 is 5.97 Å². The molecule has 0 aromatic carbocycles. The number of nitrogens with one attached hydrogen (secondary N) is 1. The van der Waals surface area contributed by atoms with Crippen LogP contribution >= 0.6 is 0 Å². The average molecular weight is 296 g/mol. The summed E-state index contributed by atoms with van der Waals surface area (Å²) in [6.07, 6.45) is 2.52. The minimum Gasteiger partial charge on any atom is -0.481 e. The van der Waals surface area contributed by atoms with E-state index in [0.717, 1.165) is 6.42 Å². The molecule has 0 spiro atoms. The van der Waals surface area contributed by atoms with Crippen molar-refractivity contribution in [2.45, 2.75) is 39.7 Å². The number of rotatable bonds is 7. The van der Waals surface area contributed by atoms with Crippen molar-refractivity contribution in [3.8, 4) is 0 Å². The molecule has 2 amide bonds. The summed E-state index contributed by atoms with van der Waals surface area (Å²) >= 11 is 0. The van der Waals surface area contributed by atoms with E-state index in [-0.39, 0.29) is 25.0 Å². The third-order valence-corrected chi connectivity index (χ3v) is 3.14. The predicted octanol–water partition coefficient (Wildman–Crippen LogP) is 2.43. The van der Waals surface area contributed by atoms with Crippen molar-refractivity contribution in [2.75, 3.05) is 18.9 Å². The summed E-state index contributed by atoms with van der Waals surface area (Å²) in [6.45, 7) is 6.49. The summed E-state index contributed by atoms with van der Waals surface area (Å²) in [6, 6.07) is 1.58. The summed E-state index contributed by atoms with van der Waals surface area (Å²) in [5.41, 5.74) is 0. The first-order chi connectivity index (χ1) is 9.81. The van der Waals surface area contributed by atoms with Crippen LogP contribution in [-0.2, 0) is 4.79 Å². The van der Waals surface area contributed by atoms with E-state index in [1.807, 2.05) is 0 Å². The number of aliphatic carboxylic acids is 1. The van der Waals surface area contributed by atoms with E-state index in [4.69, 9.17) is 5.11 Å². The lowest BCUT2D eigenvalue weighted by Crippen LogP contribution is -2.34. The fourth-order valence-electron chi connectivity index (χ4n) is 2.12. The Morgan fingerprint density at radius 1 is 1.43 bits per heavy atom. The van der Waals surface area contributed by atoms with Gasteiger partial charge in [-0.3, -0.25) is 10.1 Å². The molecular formula is C14H24N4O3. The van der Waals surface area contributed by atoms with E-state index >= 15 is 0 Å². The number of anilines is 1. The maximum absolute atomic E-state index is 12.0. The van der Waals surface area contributed by atoms with Gasteiger partial charge in [-0.05, 0) is 19.3 Å². The number of hydrogen-bond acceptors (Lipinski definition) is 3. The third-order valence-electron chi connectivity index (χ3n) is 3.14. The zero-order valence-electron chi connectivity index (χ0n) is 13.0. The van der Waals surface area contributed by atoms with Gasteiger partial charge in [-0.25, -0.2) is 9.48 Å². The number of hydrogen-bond donors (Lipinski definition) is 2. The maximum Gasteiger partial charge on any atom is 0.322 e. The van der Waals surface area contributed by atoms with Crippen LogP contribution in [-0.4, -0.2) is 45.4 Å². The molecule has 1 aromatic heterocycles. The molecule has 0 saturated heterocycles. The lowest BCUT2D eigenvalue weighted by atomic mass is 10.1. The molecule has 1 heterocycles. The Morgan fingerprint density at radius 2 is 2.10 bits per heavy atom. The fraction of sp³-hybridized carbons (Fsp3) is 0.643. The normalized spacial score (nSPS) is 12.2. The molecule has 0 aliphatic heterocycles. The second-order valence-corrected chi connectivity index (χ2v) is 5.64. The number of carbonyl (C=O) groups excluding carboxylic acids is 1. The number of carboxylic acids is 1. The number of carbonyl (C=O) groups is 2. The van der Waals surface area contributed by atoms with Gasteiger partial charge in [0.2, 0.25) is 0 Å². The Hall–Kier alpha value is -2.05. The molecule has 0 saturated carbocycles. The Bertz CT molecular complexity index is 484. The molecule has 0 bridgehead atoms. The van der Waals surface area contributed by atoms with Gasteiger partial charge in [-0.1, -0.05) is 13.8 Å². The first-order valence-electron chi connectivity index (χ1n) is 7.08. The standard InChI is InChI=1S/C14H24N4O3/c1-10(2)9-11(3)18-12(5-7-15-18)16-14(21)17(4)8-6-13(19)20/h5,7,10-11H,6,8-9H2,1-4H3,(H,16,21)(H,19,20). The van der Waals surface area contributed by atoms with Crippen LogP contribution in [0.2, 0.25) is 0 Å². The smallest absolute Gasteiger partial charge is 0.322 e. The molecule has 0 aliphatic carbocycles. The number of nitrogens with zero attached hydrogens (tertiary/aromatic N) is 3. The van der Waals surface area contributed by atoms with Crippen molar-refractivity contribution in [2.24, 2.45) is 5.92 Å². The molecule has 7 nitrogen and oxygen atoms in total. The molecule has 1 rings (SSSR count). The van der Waals surface area contributed by atoms with Gasteiger partial charge >= 0.3 is 12.0 Å². The highest BCUT2D eigenvalue weighted by molar-refractivity contribution is 5.88. The second-order valence-electron chi connectivity index (χ2n) is 5.64. The Morgan fingerprint density at radius 3 is 2.67 bits per heavy atom. The first-order valence-corrected chi connectivity index (χ1v) is 7.08. The SMILES string of the molecule is CC(C)CC(C)n1nccc1NC(=O)N(C)CCC(=O)O. The van der Waals surface area contributed by atoms with Crippen LogP contribution in [0.5, 0.6) is 0 Å². The fourth-order valence-corrected chi connectivity index (χ4v) is 2.12. The molecule has 21 heavy (non-hydrogen) atoms. The largest absolute Gasteiger partial charge is 0.481 e. The molecule has 2 N–H and O–H groups in total. The highest BCUT2D eigenvalue weighted by atomic mass is 16.4. The molecule has 1 unspecified atom stereocenters. The van der Waals surface area contributed by atoms with Crippen LogP contribution < -0.4 is 5.32 Å². The lowest BCUT2D eigenvalue weighted by molar-refractivity contribution is -0.137. The van der Waals surface area contributed by atoms with Gasteiger partial charge in [0, 0.05) is 19.7 Å². The summed E-state index contributed by atoms with van der Waals surface area (Å²) in [5.74, 6) is 0.228. The molecule has 0 aliphatic rings. The zero-order chi connectivity index (χ0) is 16.0. The Kier molecular flexibility index (Phi) is 6.20. The van der Waals surface area contributed by atoms with Gasteiger partial charge in [0.25, 0.3) is 0 Å². The Labute approximate surface area is 124 Å². The quantitative estimate of drug-likeness (QED) is 0.809. The molecule has 1 aromatic rings. The predicted molar refractivity (Wildman–Crippen MR) is 80.3 cm³/mol. The van der Waals surface area contributed by atoms with Crippen LogP contribution in [0, 0.1) is 5.92 Å². The van der Waals surface area contributed by atoms with Crippen molar-refractivity contribution in [1.29, 1.82) is 0 Å². The summed E-state index contributed by atoms with van der Waals surface area (Å²) in [5, 5.41) is 15.6. The van der Waals surface area contributed by atoms with Gasteiger partial charge in [-0.15, -0.1) is 0 Å². The van der Waals surface area contributed by atoms with Gasteiger partial charge in [0.15, 0.2) is 0 Å². The topological polar surface area (TPSA) is 87.5 Å². The molecule has 1 atom stereocenters. The summed E-state index contributed by atoms with van der Waals surface area (Å²) < 4.78 is 1.78. The number of carboxylic acid groups (broad SMARTS) is 1. The highest BCUT2D eigenvalue weighted by Gasteiger charge is 2.16. The molecular weight excluding hydrogens is 272 g/mol. The summed E-state index contributed by atoms with van der Waals surface area (Å²) in [4.78, 5) is 23.9. The van der Waals surface area contributed by atoms with Crippen molar-refractivity contribution in [1.82, 2.24) is 14.7 Å². The van der Waals surface area contributed by atoms with Crippen LogP contribution in [0.3, 0.4) is 0 Å². The third kappa shape index (κ3) is 5.45. The monoisotopic (exact) mass is 296 g/mol. The lowest BCUT2D eigenvalue weighted by Gasteiger charge is -2.20. The molecule has 118 valence electrons. The van der Waals surface area contributed by atoms with Crippen molar-refractivity contribution < 1.29 is 14.7 Å². The van der Waals surface area contributed by atoms with Crippen LogP contribution in [0.4, 0.5) is 10.6 Å². The molecule has 0 radical (unpaired) electrons. The summed E-state index contributed by atoms with van der Waals surface area (Å²) in [7, 11) is 1.57. The van der Waals surface area contributed by atoms with Crippen LogP contribution in [0.15, 0.2) is 12.3 Å². The minimum atomic E-state index is -0.926. The van der Waals surface area contributed by atoms with Gasteiger partial charge in [-0.2, -0.15) is 5.10 Å². The number of aromatic nitrogens is 2. The zero-order valence-corrected chi connectivity index (χ0v) is 13.0. The first kappa shape index (κ1) is 17.0. The van der Waals surface area contributed by atoms with E-state index in [9.17, 15) is 9.59 Å². The minimum absolute atomic E-state index is 0.0765. The molecule has 0 fully saturated rings. The van der Waals surface area contributed by atoms with Crippen LogP contribution in [0.1, 0.15) is 39.7 Å². The van der Waals surface area contributed by atoms with Crippen LogP contribution in [0.25, 0.3) is 0 Å². The van der Waals surface area contributed by atoms with Gasteiger partial charge in [0.1, 0.15) is 5.82 Å². The van der Waals surface area contributed by atoms with E-state index in [1.54, 1.807) is 24.0 Å². The highest BCUT2D eigenvalue weighted by Crippen LogP contribution is 2.20. The maximum atomic E-state index is 12.0. The van der Waals surface area contributed by atoms with E-state index in [1.165, 1.54) is 4.90 Å². The second kappa shape index (κ2) is 7.66.